The molecule has 0 unspecified atom stereocenters. The van der Waals surface area contributed by atoms with Crippen molar-refractivity contribution in [3.05, 3.63) is 52.1 Å². The first-order chi connectivity index (χ1) is 10.9. The number of aliphatic hydroxyl groups excluding tert-OH is 1. The Hall–Kier alpha value is -1.92. The maximum atomic E-state index is 13.2. The molecule has 122 valence electrons. The van der Waals surface area contributed by atoms with Crippen molar-refractivity contribution < 1.29 is 14.3 Å². The lowest BCUT2D eigenvalue weighted by atomic mass is 10.0. The van der Waals surface area contributed by atoms with E-state index < -0.39 is 11.9 Å². The molecule has 0 spiro atoms. The van der Waals surface area contributed by atoms with Crippen molar-refractivity contribution in [2.45, 2.75) is 19.4 Å². The van der Waals surface area contributed by atoms with Gasteiger partial charge in [-0.25, -0.2) is 4.39 Å². The van der Waals surface area contributed by atoms with Gasteiger partial charge in [0, 0.05) is 30.3 Å². The fourth-order valence-corrected chi connectivity index (χ4v) is 3.06. The van der Waals surface area contributed by atoms with Crippen LogP contribution < -0.4 is 0 Å². The van der Waals surface area contributed by atoms with Gasteiger partial charge in [0.1, 0.15) is 5.82 Å². The Morgan fingerprint density at radius 3 is 2.91 bits per heavy atom. The van der Waals surface area contributed by atoms with Gasteiger partial charge in [-0.1, -0.05) is 11.6 Å². The summed E-state index contributed by atoms with van der Waals surface area (Å²) in [4.78, 5) is 14.0. The Balaban J connectivity index is 1.69. The van der Waals surface area contributed by atoms with Crippen LogP contribution in [-0.4, -0.2) is 45.3 Å². The van der Waals surface area contributed by atoms with E-state index >= 15 is 0 Å². The van der Waals surface area contributed by atoms with Crippen LogP contribution in [0.15, 0.2) is 24.3 Å². The van der Waals surface area contributed by atoms with Crippen molar-refractivity contribution in [1.82, 2.24) is 15.1 Å². The number of aliphatic hydroxyl groups is 1. The second-order valence-corrected chi connectivity index (χ2v) is 6.32. The van der Waals surface area contributed by atoms with Crippen molar-refractivity contribution in [2.75, 3.05) is 13.1 Å². The third kappa shape index (κ3) is 3.38. The molecule has 1 aliphatic rings. The zero-order chi connectivity index (χ0) is 16.6. The van der Waals surface area contributed by atoms with Crippen molar-refractivity contribution in [2.24, 2.45) is 5.92 Å². The first-order valence-corrected chi connectivity index (χ1v) is 7.75. The predicted octanol–water partition coefficient (Wildman–Crippen LogP) is 2.19. The van der Waals surface area contributed by atoms with Crippen LogP contribution in [0.3, 0.4) is 0 Å². The Labute approximate surface area is 138 Å². The molecular formula is C16H17ClFN3O2. The van der Waals surface area contributed by atoms with Gasteiger partial charge < -0.3 is 10.0 Å². The van der Waals surface area contributed by atoms with E-state index in [1.807, 2.05) is 13.0 Å². The molecule has 0 radical (unpaired) electrons. The van der Waals surface area contributed by atoms with Crippen molar-refractivity contribution in [3.8, 4) is 0 Å². The summed E-state index contributed by atoms with van der Waals surface area (Å²) in [5, 5.41) is 17.2. The number of β-amino-alcohol motifs (C(OH)–C–C–N with tert-alkyl or cyclic N) is 1. The minimum Gasteiger partial charge on any atom is -0.391 e. The Morgan fingerprint density at radius 1 is 1.48 bits per heavy atom. The molecule has 1 aromatic carbocycles. The summed E-state index contributed by atoms with van der Waals surface area (Å²) >= 11 is 5.72. The molecule has 0 aliphatic carbocycles. The maximum absolute atomic E-state index is 13.2. The van der Waals surface area contributed by atoms with Crippen molar-refractivity contribution in [3.63, 3.8) is 0 Å². The number of aromatic amines is 1. The van der Waals surface area contributed by atoms with Crippen LogP contribution in [0.25, 0.3) is 0 Å². The molecular weight excluding hydrogens is 321 g/mol. The lowest BCUT2D eigenvalue weighted by Crippen LogP contribution is -2.29. The number of hydrogen-bond donors (Lipinski definition) is 2. The van der Waals surface area contributed by atoms with Gasteiger partial charge in [-0.2, -0.15) is 5.10 Å². The number of nitrogens with one attached hydrogen (secondary N) is 1. The van der Waals surface area contributed by atoms with Gasteiger partial charge in [0.15, 0.2) is 0 Å². The molecule has 2 N–H and O–H groups in total. The zero-order valence-electron chi connectivity index (χ0n) is 12.6. The average molecular weight is 338 g/mol. The van der Waals surface area contributed by atoms with Gasteiger partial charge >= 0.3 is 0 Å². The summed E-state index contributed by atoms with van der Waals surface area (Å²) in [6.45, 7) is 2.60. The minimum atomic E-state index is -0.605. The smallest absolute Gasteiger partial charge is 0.254 e. The highest BCUT2D eigenvalue weighted by Crippen LogP contribution is 2.24. The first kappa shape index (κ1) is 16.0. The summed E-state index contributed by atoms with van der Waals surface area (Å²) < 4.78 is 13.2. The molecule has 0 bridgehead atoms. The fraction of sp³-hybridized carbons (Fsp3) is 0.375. The largest absolute Gasteiger partial charge is 0.391 e. The highest BCUT2D eigenvalue weighted by molar-refractivity contribution is 6.31. The molecule has 2 heterocycles. The lowest BCUT2D eigenvalue weighted by molar-refractivity contribution is 0.0764. The topological polar surface area (TPSA) is 69.2 Å². The number of benzene rings is 1. The number of hydrogen-bond acceptors (Lipinski definition) is 3. The van der Waals surface area contributed by atoms with Gasteiger partial charge in [0.25, 0.3) is 5.91 Å². The summed E-state index contributed by atoms with van der Waals surface area (Å²) in [6, 6.07) is 5.82. The van der Waals surface area contributed by atoms with Crippen LogP contribution in [0.5, 0.6) is 0 Å². The number of H-pyrrole nitrogens is 1. The van der Waals surface area contributed by atoms with E-state index in [9.17, 15) is 14.3 Å². The van der Waals surface area contributed by atoms with Crippen molar-refractivity contribution >= 4 is 17.5 Å². The molecule has 3 rings (SSSR count). The van der Waals surface area contributed by atoms with Gasteiger partial charge in [0.05, 0.1) is 16.8 Å². The Bertz CT molecular complexity index is 734. The molecule has 23 heavy (non-hydrogen) atoms. The molecule has 1 aliphatic heterocycles. The number of carbonyl (C=O) groups excluding carboxylic acids is 1. The summed E-state index contributed by atoms with van der Waals surface area (Å²) in [5.74, 6) is -0.888. The third-order valence-electron chi connectivity index (χ3n) is 4.09. The molecule has 1 fully saturated rings. The molecule has 2 aromatic rings. The lowest BCUT2D eigenvalue weighted by Gasteiger charge is -2.16. The second kappa shape index (κ2) is 6.29. The van der Waals surface area contributed by atoms with Gasteiger partial charge in [0.2, 0.25) is 0 Å². The van der Waals surface area contributed by atoms with E-state index in [-0.39, 0.29) is 23.4 Å². The molecule has 0 saturated carbocycles. The molecule has 7 heteroatoms. The number of aromatic nitrogens is 2. The predicted molar refractivity (Wildman–Crippen MR) is 83.8 cm³/mol. The highest BCUT2D eigenvalue weighted by Gasteiger charge is 2.34. The standard InChI is InChI=1S/C16H17ClFN3O2/c1-9-4-12(20-19-9)5-11-7-21(8-15(11)22)16(23)10-2-3-14(18)13(17)6-10/h2-4,6,11,15,22H,5,7-8H2,1H3,(H,19,20)/t11-,15-/m1/s1. The van der Waals surface area contributed by atoms with E-state index in [0.29, 0.717) is 18.5 Å². The summed E-state index contributed by atoms with van der Waals surface area (Å²) in [7, 11) is 0. The monoisotopic (exact) mass is 337 g/mol. The van der Waals surface area contributed by atoms with Crippen LogP contribution in [0.4, 0.5) is 4.39 Å². The number of amides is 1. The molecule has 2 atom stereocenters. The van der Waals surface area contributed by atoms with Crippen LogP contribution in [0.1, 0.15) is 21.7 Å². The fourth-order valence-electron chi connectivity index (χ4n) is 2.88. The van der Waals surface area contributed by atoms with E-state index in [1.165, 1.54) is 18.2 Å². The van der Waals surface area contributed by atoms with E-state index in [1.54, 1.807) is 4.90 Å². The summed E-state index contributed by atoms with van der Waals surface area (Å²) in [6.07, 6.45) is -0.00806. The van der Waals surface area contributed by atoms with Gasteiger partial charge in [-0.3, -0.25) is 9.89 Å². The quantitative estimate of drug-likeness (QED) is 0.902. The van der Waals surface area contributed by atoms with Gasteiger partial charge in [-0.15, -0.1) is 0 Å². The van der Waals surface area contributed by atoms with E-state index in [0.717, 1.165) is 11.4 Å². The summed E-state index contributed by atoms with van der Waals surface area (Å²) in [5.41, 5.74) is 2.15. The SMILES string of the molecule is Cc1cc(C[C@@H]2CN(C(=O)c3ccc(F)c(Cl)c3)C[C@H]2O)n[nH]1. The van der Waals surface area contributed by atoms with Crippen LogP contribution >= 0.6 is 11.6 Å². The minimum absolute atomic E-state index is 0.0717. The number of nitrogens with zero attached hydrogens (tertiary/aromatic N) is 2. The van der Waals surface area contributed by atoms with Crippen LogP contribution in [-0.2, 0) is 6.42 Å². The van der Waals surface area contributed by atoms with E-state index in [2.05, 4.69) is 10.2 Å². The Morgan fingerprint density at radius 2 is 2.26 bits per heavy atom. The number of aryl methyl sites for hydroxylation is 1. The second-order valence-electron chi connectivity index (χ2n) is 5.91. The van der Waals surface area contributed by atoms with Gasteiger partial charge in [-0.05, 0) is 37.6 Å². The van der Waals surface area contributed by atoms with Crippen molar-refractivity contribution in [1.29, 1.82) is 0 Å². The van der Waals surface area contributed by atoms with Crippen LogP contribution in [0.2, 0.25) is 5.02 Å². The average Bonchev–Trinajstić information content (AvgIpc) is 3.08. The molecule has 1 saturated heterocycles. The number of likely N-dealkylation sites (tertiary alicyclic amines) is 1. The number of carbonyl (C=O) groups is 1. The molecule has 1 aromatic heterocycles. The highest BCUT2D eigenvalue weighted by atomic mass is 35.5. The van der Waals surface area contributed by atoms with E-state index in [4.69, 9.17) is 11.6 Å². The first-order valence-electron chi connectivity index (χ1n) is 7.37. The number of halogens is 2. The Kier molecular flexibility index (Phi) is 4.37. The zero-order valence-corrected chi connectivity index (χ0v) is 13.3. The molecule has 5 nitrogen and oxygen atoms in total. The normalized spacial score (nSPS) is 21.0. The maximum Gasteiger partial charge on any atom is 0.254 e. The third-order valence-corrected chi connectivity index (χ3v) is 4.38. The molecule has 1 amide bonds. The van der Waals surface area contributed by atoms with Crippen LogP contribution in [0, 0.1) is 18.7 Å². The number of rotatable bonds is 3.